The molecular formula is C50H92N7O27P5S. The number of fused-ring (bicyclic) bond motifs is 1. The molecule has 2 amide bonds. The minimum atomic E-state index is -5.95. The summed E-state index contributed by atoms with van der Waals surface area (Å²) in [7, 11) is -28.7. The number of carbonyl (C=O) groups excluding carboxylic acids is 3. The lowest BCUT2D eigenvalue weighted by molar-refractivity contribution is -0.219. The van der Waals surface area contributed by atoms with E-state index in [1.54, 1.807) is 0 Å². The molecule has 4 unspecified atom stereocenters. The topological polar surface area (TPSA) is 516 Å². The SMILES string of the molecule is CCCCCCCCCCCCCCCCCCCCCCCC(=O)SCCNC(=O)CCNC(=O)[C@H](O)C(C)(C)COP(=O)(O)OP(=O)(O)OC[C@H]1O[C@@H](n2cnc3c(N)ncnc32)[C@H](O[C@H]2O[C@H](COP(=O)(O)OP(=O)(O)OP(=O)(O)O)[C@@H](O)[C@H]2O)[C@@H]1O. The van der Waals surface area contributed by atoms with E-state index >= 15 is 0 Å². The zero-order valence-corrected chi connectivity index (χ0v) is 56.1. The highest BCUT2D eigenvalue weighted by Gasteiger charge is 2.53. The Morgan fingerprint density at radius 1 is 0.644 bits per heavy atom. The number of amides is 2. The Kier molecular flexibility index (Phi) is 34.8. The number of unbranched alkanes of at least 4 members (excludes halogenated alkanes) is 20. The molecule has 2 fully saturated rings. The second kappa shape index (κ2) is 39.0. The molecule has 520 valence electrons. The molecule has 2 saturated heterocycles. The molecule has 0 saturated carbocycles. The number of aromatic nitrogens is 4. The van der Waals surface area contributed by atoms with E-state index in [-0.39, 0.29) is 41.6 Å². The number of rotatable bonds is 48. The second-order valence-electron chi connectivity index (χ2n) is 22.6. The lowest BCUT2D eigenvalue weighted by Crippen LogP contribution is -2.46. The number of nitrogens with two attached hydrogens (primary N) is 1. The Morgan fingerprint density at radius 2 is 1.14 bits per heavy atom. The predicted molar refractivity (Wildman–Crippen MR) is 323 cm³/mol. The lowest BCUT2D eigenvalue weighted by atomic mass is 9.87. The molecule has 4 heterocycles. The summed E-state index contributed by atoms with van der Waals surface area (Å²) in [6.07, 6.45) is 12.1. The highest BCUT2D eigenvalue weighted by atomic mass is 32.2. The largest absolute Gasteiger partial charge is 0.490 e. The van der Waals surface area contributed by atoms with Crippen molar-refractivity contribution in [1.29, 1.82) is 0 Å². The highest BCUT2D eigenvalue weighted by molar-refractivity contribution is 8.13. The molecule has 0 spiro atoms. The fraction of sp³-hybridized carbons (Fsp3) is 0.840. The van der Waals surface area contributed by atoms with Gasteiger partial charge in [-0.2, -0.15) is 12.9 Å². The minimum absolute atomic E-state index is 0.00636. The van der Waals surface area contributed by atoms with E-state index in [9.17, 15) is 77.2 Å². The van der Waals surface area contributed by atoms with Crippen LogP contribution in [0.5, 0.6) is 0 Å². The zero-order chi connectivity index (χ0) is 66.8. The van der Waals surface area contributed by atoms with E-state index < -0.39 is 131 Å². The van der Waals surface area contributed by atoms with E-state index in [1.165, 1.54) is 129 Å². The first-order valence-corrected chi connectivity index (χ1v) is 38.5. The van der Waals surface area contributed by atoms with Gasteiger partial charge in [-0.3, -0.25) is 32.5 Å². The average Bonchev–Trinajstić information content (AvgIpc) is 1.62. The zero-order valence-electron chi connectivity index (χ0n) is 50.8. The first kappa shape index (κ1) is 80.1. The molecule has 90 heavy (non-hydrogen) atoms. The van der Waals surface area contributed by atoms with Gasteiger partial charge in [0.05, 0.1) is 26.1 Å². The van der Waals surface area contributed by atoms with Crippen molar-refractivity contribution in [2.75, 3.05) is 44.4 Å². The molecule has 2 aromatic rings. The molecule has 0 radical (unpaired) electrons. The van der Waals surface area contributed by atoms with Gasteiger partial charge >= 0.3 is 39.1 Å². The first-order chi connectivity index (χ1) is 42.3. The third-order valence-electron chi connectivity index (χ3n) is 14.4. The number of phosphoric ester groups is 3. The number of ether oxygens (including phenoxy) is 3. The van der Waals surface area contributed by atoms with Crippen molar-refractivity contribution in [3.8, 4) is 0 Å². The smallest absolute Gasteiger partial charge is 0.387 e. The van der Waals surface area contributed by atoms with Crippen LogP contribution in [-0.2, 0) is 77.9 Å². The van der Waals surface area contributed by atoms with E-state index in [4.69, 9.17) is 38.8 Å². The normalized spacial score (nSPS) is 23.7. The van der Waals surface area contributed by atoms with Crippen LogP contribution < -0.4 is 16.4 Å². The summed E-state index contributed by atoms with van der Waals surface area (Å²) >= 11 is 1.14. The van der Waals surface area contributed by atoms with Crippen molar-refractivity contribution >= 4 is 84.8 Å². The van der Waals surface area contributed by atoms with Crippen molar-refractivity contribution in [2.45, 2.75) is 224 Å². The van der Waals surface area contributed by atoms with Gasteiger partial charge in [0.2, 0.25) is 11.8 Å². The number of anilines is 1. The van der Waals surface area contributed by atoms with Crippen LogP contribution in [0.4, 0.5) is 5.82 Å². The number of nitrogens with one attached hydrogen (secondary N) is 2. The van der Waals surface area contributed by atoms with Gasteiger partial charge in [0.15, 0.2) is 29.1 Å². The summed E-state index contributed by atoms with van der Waals surface area (Å²) in [6.45, 7) is 1.35. The van der Waals surface area contributed by atoms with E-state index in [0.29, 0.717) is 12.2 Å². The molecule has 14 N–H and O–H groups in total. The van der Waals surface area contributed by atoms with Crippen LogP contribution in [-0.4, -0.2) is 174 Å². The third kappa shape index (κ3) is 29.8. The Morgan fingerprint density at radius 3 is 1.68 bits per heavy atom. The maximum Gasteiger partial charge on any atom is 0.490 e. The standard InChI is InChI=1S/C50H92N7O27P5S/c1-4-5-6-7-8-9-10-11-12-13-14-15-16-17-18-19-20-21-22-23-24-25-38(59)90-29-28-52-37(58)26-27-53-47(64)44(63)50(2,3)32-78-88(72,73)83-86(68,69)77-31-36-41(61)43(48(79-36)57-34-56-39-45(51)54-33-55-46(39)57)81-49-42(62)40(60)35(80-49)30-76-87(70,71)84-89(74,75)82-85(65,66)67/h33-36,40-44,48-49,60-63H,4-32H2,1-3H3,(H,52,58)(H,53,64)(H,68,69)(H,70,71)(H,72,73)(H,74,75)(H2,51,54,55)(H2,65,66,67)/t35-,36-,40-,41-,42-,43-,44+,48-,49-/m1/s1. The fourth-order valence-corrected chi connectivity index (χ4v) is 15.5. The number of imidazole rings is 1. The summed E-state index contributed by atoms with van der Waals surface area (Å²) in [4.78, 5) is 107. The van der Waals surface area contributed by atoms with Crippen LogP contribution >= 0.6 is 50.9 Å². The lowest BCUT2D eigenvalue weighted by Gasteiger charge is -2.30. The van der Waals surface area contributed by atoms with Crippen molar-refractivity contribution in [2.24, 2.45) is 5.41 Å². The molecular weight excluding hydrogens is 1320 g/mol. The summed E-state index contributed by atoms with van der Waals surface area (Å²) in [5.74, 6) is -1.21. The van der Waals surface area contributed by atoms with Gasteiger partial charge < -0.3 is 80.4 Å². The number of nitrogen functional groups attached to an aromatic ring is 1. The monoisotopic (exact) mass is 1410 g/mol. The molecule has 2 aliphatic rings. The minimum Gasteiger partial charge on any atom is -0.387 e. The molecule has 34 nitrogen and oxygen atoms in total. The maximum absolute atomic E-state index is 13.1. The third-order valence-corrected chi connectivity index (χ3v) is 21.7. The number of nitrogens with zero attached hydrogens (tertiary/aromatic N) is 4. The van der Waals surface area contributed by atoms with E-state index in [2.05, 4.69) is 50.0 Å². The van der Waals surface area contributed by atoms with Crippen molar-refractivity contribution in [3.05, 3.63) is 12.7 Å². The summed E-state index contributed by atoms with van der Waals surface area (Å²) < 4.78 is 105. The van der Waals surface area contributed by atoms with E-state index in [0.717, 1.165) is 48.2 Å². The molecule has 40 heteroatoms. The number of thioether (sulfide) groups is 1. The quantitative estimate of drug-likeness (QED) is 0.0268. The van der Waals surface area contributed by atoms with Crippen LogP contribution in [0.15, 0.2) is 12.7 Å². The van der Waals surface area contributed by atoms with Crippen LogP contribution in [0.1, 0.15) is 175 Å². The molecule has 13 atom stereocenters. The molecule has 2 aromatic heterocycles. The summed E-state index contributed by atoms with van der Waals surface area (Å²) in [5, 5.41) is 48.8. The van der Waals surface area contributed by atoms with Crippen LogP contribution in [0, 0.1) is 5.41 Å². The van der Waals surface area contributed by atoms with Gasteiger partial charge in [-0.1, -0.05) is 161 Å². The molecule has 2 aliphatic heterocycles. The van der Waals surface area contributed by atoms with Gasteiger partial charge in [-0.05, 0) is 6.42 Å². The number of phosphoric acid groups is 5. The van der Waals surface area contributed by atoms with Crippen LogP contribution in [0.3, 0.4) is 0 Å². The average molecular weight is 1410 g/mol. The van der Waals surface area contributed by atoms with Crippen molar-refractivity contribution in [3.63, 3.8) is 0 Å². The van der Waals surface area contributed by atoms with Crippen LogP contribution in [0.25, 0.3) is 11.2 Å². The summed E-state index contributed by atoms with van der Waals surface area (Å²) in [5.41, 5.74) is 4.16. The molecule has 0 aromatic carbocycles. The Labute approximate surface area is 526 Å². The van der Waals surface area contributed by atoms with Crippen LogP contribution in [0.2, 0.25) is 0 Å². The summed E-state index contributed by atoms with van der Waals surface area (Å²) in [6, 6.07) is 0. The van der Waals surface area contributed by atoms with Crippen molar-refractivity contribution < 1.29 is 128 Å². The number of hydrogen-bond donors (Lipinski definition) is 13. The highest BCUT2D eigenvalue weighted by Crippen LogP contribution is 2.66. The molecule has 0 aliphatic carbocycles. The van der Waals surface area contributed by atoms with Crippen molar-refractivity contribution in [1.82, 2.24) is 30.2 Å². The number of hydrogen-bond acceptors (Lipinski definition) is 26. The van der Waals surface area contributed by atoms with Gasteiger partial charge in [0, 0.05) is 37.1 Å². The predicted octanol–water partition coefficient (Wildman–Crippen LogP) is 5.96. The Balaban J connectivity index is 1.12. The molecule has 4 rings (SSSR count). The van der Waals surface area contributed by atoms with Gasteiger partial charge in [-0.25, -0.2) is 37.8 Å². The molecule has 0 bridgehead atoms. The Hall–Kier alpha value is -2.30. The Bertz CT molecular complexity index is 2770. The van der Waals surface area contributed by atoms with E-state index in [1.807, 2.05) is 0 Å². The number of aliphatic hydroxyl groups excluding tert-OH is 4. The fourth-order valence-electron chi connectivity index (χ4n) is 9.51. The first-order valence-electron chi connectivity index (χ1n) is 30.0. The van der Waals surface area contributed by atoms with Gasteiger partial charge in [-0.15, -0.1) is 0 Å². The number of carbonyl (C=O) groups is 3. The number of aliphatic hydroxyl groups is 4. The second-order valence-corrected chi connectivity index (χ2v) is 31.2. The van der Waals surface area contributed by atoms with Gasteiger partial charge in [0.25, 0.3) is 0 Å². The maximum atomic E-state index is 13.1. The van der Waals surface area contributed by atoms with Gasteiger partial charge in [0.1, 0.15) is 54.6 Å².